The van der Waals surface area contributed by atoms with Crippen molar-refractivity contribution < 1.29 is 0 Å². The summed E-state index contributed by atoms with van der Waals surface area (Å²) in [7, 11) is 0. The molecule has 1 aromatic carbocycles. The lowest BCUT2D eigenvalue weighted by atomic mass is 10.3. The lowest BCUT2D eigenvalue weighted by Gasteiger charge is -2.08. The first-order valence-corrected chi connectivity index (χ1v) is 4.67. The van der Waals surface area contributed by atoms with Crippen LogP contribution in [0.15, 0.2) is 29.3 Å². The Labute approximate surface area is 88.1 Å². The molecule has 0 aliphatic rings. The Balaban J connectivity index is 2.67. The number of nitrogens with one attached hydrogen (secondary N) is 2. The zero-order valence-electron chi connectivity index (χ0n) is 7.92. The van der Waals surface area contributed by atoms with Crippen molar-refractivity contribution in [2.24, 2.45) is 10.8 Å². The normalized spacial score (nSPS) is 11.2. The van der Waals surface area contributed by atoms with E-state index in [-0.39, 0.29) is 0 Å². The fourth-order valence-electron chi connectivity index (χ4n) is 0.949. The number of nitrogens with zero attached hydrogens (tertiary/aromatic N) is 1. The number of aliphatic imine (C=N–C) groups is 1. The van der Waals surface area contributed by atoms with Gasteiger partial charge in [0.15, 0.2) is 0 Å². The standard InChI is InChI=1S/C9H13ClN4/c1-2-12-9(14-11)13-8-5-3-7(10)4-6-8/h3-6H,2,11H2,1H3,(H2,12,13,14). The molecule has 0 aliphatic carbocycles. The van der Waals surface area contributed by atoms with Gasteiger partial charge in [-0.3, -0.25) is 10.4 Å². The number of hydrogen-bond donors (Lipinski definition) is 3. The number of halogens is 1. The van der Waals surface area contributed by atoms with Crippen LogP contribution in [0, 0.1) is 0 Å². The number of rotatable bonds is 2. The van der Waals surface area contributed by atoms with E-state index in [4.69, 9.17) is 17.4 Å². The van der Waals surface area contributed by atoms with Crippen molar-refractivity contribution in [3.8, 4) is 0 Å². The molecule has 0 aliphatic heterocycles. The molecule has 1 rings (SSSR count). The van der Waals surface area contributed by atoms with Crippen molar-refractivity contribution in [1.29, 1.82) is 0 Å². The molecule has 0 saturated heterocycles. The fourth-order valence-corrected chi connectivity index (χ4v) is 1.08. The fraction of sp³-hybridized carbons (Fsp3) is 0.222. The van der Waals surface area contributed by atoms with Crippen LogP contribution < -0.4 is 16.6 Å². The zero-order valence-corrected chi connectivity index (χ0v) is 8.67. The van der Waals surface area contributed by atoms with Crippen LogP contribution in [0.5, 0.6) is 0 Å². The monoisotopic (exact) mass is 212 g/mol. The van der Waals surface area contributed by atoms with Crippen LogP contribution in [-0.4, -0.2) is 12.5 Å². The second-order valence-corrected chi connectivity index (χ2v) is 3.04. The smallest absolute Gasteiger partial charge is 0.210 e. The Hall–Kier alpha value is -1.26. The molecule has 4 N–H and O–H groups in total. The van der Waals surface area contributed by atoms with Crippen LogP contribution in [0.3, 0.4) is 0 Å². The summed E-state index contributed by atoms with van der Waals surface area (Å²) >= 11 is 5.74. The van der Waals surface area contributed by atoms with Crippen molar-refractivity contribution in [1.82, 2.24) is 5.43 Å². The maximum absolute atomic E-state index is 5.74. The highest BCUT2D eigenvalue weighted by molar-refractivity contribution is 6.30. The van der Waals surface area contributed by atoms with Crippen LogP contribution >= 0.6 is 11.6 Å². The second kappa shape index (κ2) is 5.47. The highest BCUT2D eigenvalue weighted by atomic mass is 35.5. The van der Waals surface area contributed by atoms with E-state index in [1.807, 2.05) is 19.1 Å². The molecular weight excluding hydrogens is 200 g/mol. The molecule has 0 bridgehead atoms. The van der Waals surface area contributed by atoms with Gasteiger partial charge in [0.05, 0.1) is 0 Å². The van der Waals surface area contributed by atoms with Gasteiger partial charge in [-0.25, -0.2) is 5.84 Å². The molecule has 0 spiro atoms. The maximum atomic E-state index is 5.74. The number of nitrogens with two attached hydrogens (primary N) is 1. The SMILES string of the molecule is CCN=C(NN)Nc1ccc(Cl)cc1. The molecule has 0 fully saturated rings. The molecule has 0 aromatic heterocycles. The van der Waals surface area contributed by atoms with E-state index < -0.39 is 0 Å². The van der Waals surface area contributed by atoms with E-state index in [1.54, 1.807) is 12.1 Å². The summed E-state index contributed by atoms with van der Waals surface area (Å²) < 4.78 is 0. The molecule has 0 heterocycles. The minimum Gasteiger partial charge on any atom is -0.325 e. The first-order valence-electron chi connectivity index (χ1n) is 4.30. The molecule has 0 unspecified atom stereocenters. The van der Waals surface area contributed by atoms with E-state index >= 15 is 0 Å². The zero-order chi connectivity index (χ0) is 10.4. The van der Waals surface area contributed by atoms with Gasteiger partial charge in [-0.2, -0.15) is 0 Å². The van der Waals surface area contributed by atoms with Crippen molar-refractivity contribution in [2.75, 3.05) is 11.9 Å². The minimum absolute atomic E-state index is 0.537. The lowest BCUT2D eigenvalue weighted by molar-refractivity contribution is 0.986. The molecule has 0 saturated carbocycles. The van der Waals surface area contributed by atoms with Gasteiger partial charge in [-0.15, -0.1) is 0 Å². The summed E-state index contributed by atoms with van der Waals surface area (Å²) in [5.74, 6) is 5.80. The Morgan fingerprint density at radius 3 is 2.57 bits per heavy atom. The molecule has 76 valence electrons. The quantitative estimate of drug-likeness (QED) is 0.302. The lowest BCUT2D eigenvalue weighted by Crippen LogP contribution is -2.36. The van der Waals surface area contributed by atoms with Gasteiger partial charge >= 0.3 is 0 Å². The van der Waals surface area contributed by atoms with Crippen LogP contribution in [0.1, 0.15) is 6.92 Å². The molecule has 14 heavy (non-hydrogen) atoms. The number of hydrazine groups is 1. The predicted octanol–water partition coefficient (Wildman–Crippen LogP) is 1.59. The third-order valence-corrected chi connectivity index (χ3v) is 1.81. The highest BCUT2D eigenvalue weighted by Crippen LogP contribution is 2.12. The van der Waals surface area contributed by atoms with Crippen molar-refractivity contribution in [3.63, 3.8) is 0 Å². The third-order valence-electron chi connectivity index (χ3n) is 1.56. The summed E-state index contributed by atoms with van der Waals surface area (Å²) in [4.78, 5) is 4.10. The summed E-state index contributed by atoms with van der Waals surface area (Å²) in [5, 5.41) is 3.71. The van der Waals surface area contributed by atoms with E-state index in [2.05, 4.69) is 15.7 Å². The van der Waals surface area contributed by atoms with Crippen molar-refractivity contribution >= 4 is 23.2 Å². The van der Waals surface area contributed by atoms with Crippen LogP contribution in [0.4, 0.5) is 5.69 Å². The van der Waals surface area contributed by atoms with Crippen LogP contribution in [0.2, 0.25) is 5.02 Å². The molecule has 0 amide bonds. The number of anilines is 1. The predicted molar refractivity (Wildman–Crippen MR) is 60.4 cm³/mol. The Bertz CT molecular complexity index is 307. The van der Waals surface area contributed by atoms with Gasteiger partial charge < -0.3 is 5.32 Å². The molecule has 0 atom stereocenters. The van der Waals surface area contributed by atoms with Crippen LogP contribution in [-0.2, 0) is 0 Å². The summed E-state index contributed by atoms with van der Waals surface area (Å²) in [6.45, 7) is 2.60. The molecule has 5 heteroatoms. The van der Waals surface area contributed by atoms with Crippen molar-refractivity contribution in [2.45, 2.75) is 6.92 Å². The van der Waals surface area contributed by atoms with E-state index in [1.165, 1.54) is 0 Å². The van der Waals surface area contributed by atoms with Gasteiger partial charge in [-0.1, -0.05) is 11.6 Å². The molecule has 0 radical (unpaired) electrons. The first kappa shape index (κ1) is 10.8. The van der Waals surface area contributed by atoms with Gasteiger partial charge in [0.1, 0.15) is 0 Å². The Kier molecular flexibility index (Phi) is 4.22. The topological polar surface area (TPSA) is 62.4 Å². The average Bonchev–Trinajstić information content (AvgIpc) is 2.20. The Morgan fingerprint density at radius 1 is 1.43 bits per heavy atom. The van der Waals surface area contributed by atoms with Crippen molar-refractivity contribution in [3.05, 3.63) is 29.3 Å². The molecule has 1 aromatic rings. The number of guanidine groups is 1. The molecule has 4 nitrogen and oxygen atoms in total. The maximum Gasteiger partial charge on any atom is 0.210 e. The second-order valence-electron chi connectivity index (χ2n) is 2.60. The summed E-state index contributed by atoms with van der Waals surface area (Å²) in [5.41, 5.74) is 3.36. The highest BCUT2D eigenvalue weighted by Gasteiger charge is 1.96. The molecular formula is C9H13ClN4. The number of benzene rings is 1. The minimum atomic E-state index is 0.537. The summed E-state index contributed by atoms with van der Waals surface area (Å²) in [6, 6.07) is 7.30. The van der Waals surface area contributed by atoms with Gasteiger partial charge in [0.2, 0.25) is 5.96 Å². The van der Waals surface area contributed by atoms with E-state index in [9.17, 15) is 0 Å². The third kappa shape index (κ3) is 3.24. The van der Waals surface area contributed by atoms with Gasteiger partial charge in [0, 0.05) is 17.3 Å². The Morgan fingerprint density at radius 2 is 2.07 bits per heavy atom. The van der Waals surface area contributed by atoms with Crippen LogP contribution in [0.25, 0.3) is 0 Å². The average molecular weight is 213 g/mol. The largest absolute Gasteiger partial charge is 0.325 e. The van der Waals surface area contributed by atoms with E-state index in [0.29, 0.717) is 17.5 Å². The van der Waals surface area contributed by atoms with Gasteiger partial charge in [0.25, 0.3) is 0 Å². The van der Waals surface area contributed by atoms with Gasteiger partial charge in [-0.05, 0) is 31.2 Å². The number of hydrogen-bond acceptors (Lipinski definition) is 2. The first-order chi connectivity index (χ1) is 6.76. The van der Waals surface area contributed by atoms with E-state index in [0.717, 1.165) is 5.69 Å². The summed E-state index contributed by atoms with van der Waals surface area (Å²) in [6.07, 6.45) is 0.